The van der Waals surface area contributed by atoms with E-state index in [9.17, 15) is 4.79 Å². The van der Waals surface area contributed by atoms with Crippen molar-refractivity contribution in [2.45, 2.75) is 19.9 Å². The van der Waals surface area contributed by atoms with Crippen LogP contribution < -0.4 is 5.32 Å². The molecule has 4 aromatic rings. The van der Waals surface area contributed by atoms with Crippen molar-refractivity contribution in [1.82, 2.24) is 9.78 Å². The van der Waals surface area contributed by atoms with Crippen LogP contribution in [0.15, 0.2) is 69.8 Å². The van der Waals surface area contributed by atoms with E-state index in [2.05, 4.69) is 38.5 Å². The number of carbonyl (C=O) groups is 1. The van der Waals surface area contributed by atoms with Crippen molar-refractivity contribution in [3.05, 3.63) is 82.3 Å². The molecule has 27 heavy (non-hydrogen) atoms. The van der Waals surface area contributed by atoms with Gasteiger partial charge in [-0.15, -0.1) is 0 Å². The first kappa shape index (κ1) is 17.5. The Balaban J connectivity index is 1.46. The van der Waals surface area contributed by atoms with Gasteiger partial charge in [0.1, 0.15) is 5.58 Å². The molecule has 6 heteroatoms. The second-order valence-corrected chi connectivity index (χ2v) is 7.29. The summed E-state index contributed by atoms with van der Waals surface area (Å²) >= 11 is 3.42. The molecule has 0 aliphatic rings. The zero-order chi connectivity index (χ0) is 18.8. The lowest BCUT2D eigenvalue weighted by Crippen LogP contribution is -2.11. The summed E-state index contributed by atoms with van der Waals surface area (Å²) in [6, 6.07) is 16.0. The highest BCUT2D eigenvalue weighted by Gasteiger charge is 2.18. The fraction of sp³-hybridized carbons (Fsp3) is 0.143. The van der Waals surface area contributed by atoms with Gasteiger partial charge in [0.25, 0.3) is 5.91 Å². The molecule has 0 atom stereocenters. The number of aromatic nitrogens is 2. The van der Waals surface area contributed by atoms with Crippen LogP contribution in [0.25, 0.3) is 11.0 Å². The van der Waals surface area contributed by atoms with Gasteiger partial charge in [-0.3, -0.25) is 9.48 Å². The maximum atomic E-state index is 12.6. The third-order valence-corrected chi connectivity index (χ3v) is 4.96. The Morgan fingerprint density at radius 1 is 1.22 bits per heavy atom. The molecule has 0 saturated heterocycles. The Labute approximate surface area is 165 Å². The highest BCUT2D eigenvalue weighted by molar-refractivity contribution is 9.10. The van der Waals surface area contributed by atoms with Crippen LogP contribution in [0.2, 0.25) is 0 Å². The first-order valence-corrected chi connectivity index (χ1v) is 9.46. The standard InChI is InChI=1S/C21H18BrN3O2/c1-14-18-8-7-16(22)11-19(18)27-20(14)21(26)24-17-12-23-25(13-17)10-9-15-5-3-2-4-6-15/h2-8,11-13H,9-10H2,1H3,(H,24,26). The average molecular weight is 424 g/mol. The largest absolute Gasteiger partial charge is 0.451 e. The number of fused-ring (bicyclic) bond motifs is 1. The molecule has 0 aliphatic carbocycles. The van der Waals surface area contributed by atoms with Crippen molar-refractivity contribution < 1.29 is 9.21 Å². The number of hydrogen-bond donors (Lipinski definition) is 1. The fourth-order valence-electron chi connectivity index (χ4n) is 3.04. The minimum atomic E-state index is -0.276. The monoisotopic (exact) mass is 423 g/mol. The topological polar surface area (TPSA) is 60.1 Å². The molecule has 1 N–H and O–H groups in total. The minimum Gasteiger partial charge on any atom is -0.451 e. The quantitative estimate of drug-likeness (QED) is 0.480. The molecular formula is C21H18BrN3O2. The molecule has 2 aromatic carbocycles. The molecule has 4 rings (SSSR count). The molecule has 5 nitrogen and oxygen atoms in total. The zero-order valence-electron chi connectivity index (χ0n) is 14.8. The lowest BCUT2D eigenvalue weighted by atomic mass is 10.1. The summed E-state index contributed by atoms with van der Waals surface area (Å²) in [6.45, 7) is 2.63. The molecular weight excluding hydrogens is 406 g/mol. The number of rotatable bonds is 5. The van der Waals surface area contributed by atoms with Gasteiger partial charge in [0, 0.05) is 28.2 Å². The average Bonchev–Trinajstić information content (AvgIpc) is 3.25. The van der Waals surface area contributed by atoms with E-state index in [0.29, 0.717) is 17.0 Å². The number of furan rings is 1. The van der Waals surface area contributed by atoms with Crippen LogP contribution >= 0.6 is 15.9 Å². The Bertz CT molecular complexity index is 1100. The molecule has 0 bridgehead atoms. The van der Waals surface area contributed by atoms with Crippen LogP contribution in [0.4, 0.5) is 5.69 Å². The molecule has 1 amide bonds. The molecule has 2 aromatic heterocycles. The smallest absolute Gasteiger partial charge is 0.291 e. The van der Waals surface area contributed by atoms with Crippen LogP contribution in [-0.2, 0) is 13.0 Å². The van der Waals surface area contributed by atoms with E-state index in [1.807, 2.05) is 54.2 Å². The number of hydrogen-bond acceptors (Lipinski definition) is 3. The maximum absolute atomic E-state index is 12.6. The van der Waals surface area contributed by atoms with Crippen molar-refractivity contribution in [2.24, 2.45) is 0 Å². The van der Waals surface area contributed by atoms with Gasteiger partial charge in [0.2, 0.25) is 0 Å². The predicted molar refractivity (Wildman–Crippen MR) is 109 cm³/mol. The highest BCUT2D eigenvalue weighted by Crippen LogP contribution is 2.28. The van der Waals surface area contributed by atoms with E-state index in [4.69, 9.17) is 4.42 Å². The summed E-state index contributed by atoms with van der Waals surface area (Å²) in [5, 5.41) is 8.12. The number of anilines is 1. The lowest BCUT2D eigenvalue weighted by Gasteiger charge is -2.02. The highest BCUT2D eigenvalue weighted by atomic mass is 79.9. The number of nitrogens with one attached hydrogen (secondary N) is 1. The third-order valence-electron chi connectivity index (χ3n) is 4.47. The van der Waals surface area contributed by atoms with Gasteiger partial charge in [-0.1, -0.05) is 46.3 Å². The number of amides is 1. The summed E-state index contributed by atoms with van der Waals surface area (Å²) in [7, 11) is 0. The van der Waals surface area contributed by atoms with Gasteiger partial charge in [-0.2, -0.15) is 5.10 Å². The lowest BCUT2D eigenvalue weighted by molar-refractivity contribution is 0.0998. The van der Waals surface area contributed by atoms with Crippen LogP contribution in [0.1, 0.15) is 21.7 Å². The van der Waals surface area contributed by atoms with Gasteiger partial charge in [0.15, 0.2) is 5.76 Å². The van der Waals surface area contributed by atoms with Gasteiger partial charge in [-0.25, -0.2) is 0 Å². The summed E-state index contributed by atoms with van der Waals surface area (Å²) in [4.78, 5) is 12.6. The van der Waals surface area contributed by atoms with Crippen LogP contribution in [-0.4, -0.2) is 15.7 Å². The molecule has 0 unspecified atom stereocenters. The second-order valence-electron chi connectivity index (χ2n) is 6.38. The normalized spacial score (nSPS) is 11.0. The number of benzene rings is 2. The van der Waals surface area contributed by atoms with Crippen molar-refractivity contribution in [3.8, 4) is 0 Å². The minimum absolute atomic E-state index is 0.276. The van der Waals surface area contributed by atoms with E-state index < -0.39 is 0 Å². The maximum Gasteiger partial charge on any atom is 0.291 e. The van der Waals surface area contributed by atoms with Gasteiger partial charge < -0.3 is 9.73 Å². The molecule has 0 radical (unpaired) electrons. The van der Waals surface area contributed by atoms with Gasteiger partial charge >= 0.3 is 0 Å². The van der Waals surface area contributed by atoms with E-state index in [0.717, 1.165) is 28.4 Å². The Morgan fingerprint density at radius 3 is 2.85 bits per heavy atom. The molecule has 0 saturated carbocycles. The van der Waals surface area contributed by atoms with Gasteiger partial charge in [0.05, 0.1) is 11.9 Å². The summed E-state index contributed by atoms with van der Waals surface area (Å²) in [5.41, 5.74) is 3.41. The van der Waals surface area contributed by atoms with Crippen molar-refractivity contribution in [3.63, 3.8) is 0 Å². The predicted octanol–water partition coefficient (Wildman–Crippen LogP) is 5.20. The number of nitrogens with zero attached hydrogens (tertiary/aromatic N) is 2. The second kappa shape index (κ2) is 7.40. The van der Waals surface area contributed by atoms with E-state index in [-0.39, 0.29) is 5.91 Å². The number of aryl methyl sites for hydroxylation is 3. The fourth-order valence-corrected chi connectivity index (χ4v) is 3.38. The Kier molecular flexibility index (Phi) is 4.81. The molecule has 136 valence electrons. The third kappa shape index (κ3) is 3.80. The zero-order valence-corrected chi connectivity index (χ0v) is 16.4. The SMILES string of the molecule is Cc1c(C(=O)Nc2cnn(CCc3ccccc3)c2)oc2cc(Br)ccc12. The number of carbonyl (C=O) groups excluding carboxylic acids is 1. The molecule has 2 heterocycles. The number of halogens is 1. The van der Waals surface area contributed by atoms with Crippen LogP contribution in [0, 0.1) is 6.92 Å². The molecule has 0 fully saturated rings. The summed E-state index contributed by atoms with van der Waals surface area (Å²) in [6.07, 6.45) is 4.36. The van der Waals surface area contributed by atoms with E-state index in [1.54, 1.807) is 6.20 Å². The van der Waals surface area contributed by atoms with Crippen molar-refractivity contribution >= 4 is 38.5 Å². The Hall–Kier alpha value is -2.86. The van der Waals surface area contributed by atoms with Crippen LogP contribution in [0.3, 0.4) is 0 Å². The first-order valence-electron chi connectivity index (χ1n) is 8.66. The first-order chi connectivity index (χ1) is 13.1. The van der Waals surface area contributed by atoms with Crippen molar-refractivity contribution in [2.75, 3.05) is 5.32 Å². The summed E-state index contributed by atoms with van der Waals surface area (Å²) in [5.74, 6) is 0.0440. The van der Waals surface area contributed by atoms with E-state index >= 15 is 0 Å². The van der Waals surface area contributed by atoms with Gasteiger partial charge in [-0.05, 0) is 37.1 Å². The molecule has 0 spiro atoms. The van der Waals surface area contributed by atoms with Crippen LogP contribution in [0.5, 0.6) is 0 Å². The van der Waals surface area contributed by atoms with E-state index in [1.165, 1.54) is 5.56 Å². The van der Waals surface area contributed by atoms with Crippen molar-refractivity contribution in [1.29, 1.82) is 0 Å². The Morgan fingerprint density at radius 2 is 2.04 bits per heavy atom. The summed E-state index contributed by atoms with van der Waals surface area (Å²) < 4.78 is 8.49. The molecule has 0 aliphatic heterocycles.